The van der Waals surface area contributed by atoms with Crippen molar-refractivity contribution in [1.29, 1.82) is 0 Å². The third-order valence-corrected chi connectivity index (χ3v) is 4.88. The first-order valence-corrected chi connectivity index (χ1v) is 7.78. The van der Waals surface area contributed by atoms with E-state index in [9.17, 15) is 9.90 Å². The minimum atomic E-state index is -0.708. The van der Waals surface area contributed by atoms with Crippen LogP contribution in [-0.2, 0) is 10.2 Å². The Kier molecular flexibility index (Phi) is 3.99. The summed E-state index contributed by atoms with van der Waals surface area (Å²) >= 11 is 0. The molecule has 1 aliphatic rings. The quantitative estimate of drug-likeness (QED) is 0.907. The lowest BCUT2D eigenvalue weighted by molar-refractivity contribution is -0.147. The number of hydrogen-bond donors (Lipinski definition) is 1. The van der Waals surface area contributed by atoms with Gasteiger partial charge in [0.25, 0.3) is 0 Å². The normalized spacial score (nSPS) is 15.6. The van der Waals surface area contributed by atoms with E-state index in [0.717, 1.165) is 42.0 Å². The van der Waals surface area contributed by atoms with Crippen LogP contribution < -0.4 is 9.64 Å². The van der Waals surface area contributed by atoms with Crippen molar-refractivity contribution in [3.05, 3.63) is 54.1 Å². The van der Waals surface area contributed by atoms with Crippen molar-refractivity contribution in [3.8, 4) is 5.75 Å². The molecule has 0 aliphatic heterocycles. The summed E-state index contributed by atoms with van der Waals surface area (Å²) in [5, 5.41) is 9.52. The second-order valence-electron chi connectivity index (χ2n) is 6.04. The van der Waals surface area contributed by atoms with Crippen LogP contribution in [0.2, 0.25) is 0 Å². The Balaban J connectivity index is 1.82. The fourth-order valence-corrected chi connectivity index (χ4v) is 3.12. The standard InChI is InChI=1S/C19H21NO3/c1-20(16-8-10-17(23-2)11-9-16)15-6-4-14(5-7-15)19(18(21)22)12-3-13-19/h4-11H,3,12-13H2,1-2H3,(H,21,22). The van der Waals surface area contributed by atoms with E-state index in [-0.39, 0.29) is 0 Å². The molecule has 0 amide bonds. The lowest BCUT2D eigenvalue weighted by Gasteiger charge is -2.38. The van der Waals surface area contributed by atoms with Crippen molar-refractivity contribution in [1.82, 2.24) is 0 Å². The molecule has 1 saturated carbocycles. The molecule has 1 N–H and O–H groups in total. The SMILES string of the molecule is COc1ccc(N(C)c2ccc(C3(C(=O)O)CCC3)cc2)cc1. The number of benzene rings is 2. The number of anilines is 2. The number of ether oxygens (including phenoxy) is 1. The summed E-state index contributed by atoms with van der Waals surface area (Å²) in [6.07, 6.45) is 2.45. The molecule has 4 heteroatoms. The summed E-state index contributed by atoms with van der Waals surface area (Å²) < 4.78 is 5.17. The Morgan fingerprint density at radius 2 is 1.57 bits per heavy atom. The first-order valence-electron chi connectivity index (χ1n) is 7.78. The van der Waals surface area contributed by atoms with Crippen LogP contribution in [0.15, 0.2) is 48.5 Å². The van der Waals surface area contributed by atoms with Crippen molar-refractivity contribution in [3.63, 3.8) is 0 Å². The minimum absolute atomic E-state index is 0.669. The third-order valence-electron chi connectivity index (χ3n) is 4.88. The number of rotatable bonds is 5. The van der Waals surface area contributed by atoms with E-state index in [1.165, 1.54) is 0 Å². The monoisotopic (exact) mass is 311 g/mol. The molecule has 0 spiro atoms. The molecule has 0 saturated heterocycles. The van der Waals surface area contributed by atoms with Gasteiger partial charge in [0.05, 0.1) is 12.5 Å². The van der Waals surface area contributed by atoms with E-state index in [0.29, 0.717) is 0 Å². The fraction of sp³-hybridized carbons (Fsp3) is 0.316. The number of methoxy groups -OCH3 is 1. The van der Waals surface area contributed by atoms with Gasteiger partial charge in [0.15, 0.2) is 0 Å². The lowest BCUT2D eigenvalue weighted by Crippen LogP contribution is -2.42. The molecule has 0 heterocycles. The first kappa shape index (κ1) is 15.4. The Bertz CT molecular complexity index is 688. The van der Waals surface area contributed by atoms with Gasteiger partial charge in [-0.15, -0.1) is 0 Å². The van der Waals surface area contributed by atoms with Crippen molar-refractivity contribution in [2.24, 2.45) is 0 Å². The van der Waals surface area contributed by atoms with Gasteiger partial charge in [-0.3, -0.25) is 4.79 Å². The molecule has 4 nitrogen and oxygen atoms in total. The van der Waals surface area contributed by atoms with Gasteiger partial charge in [-0.05, 0) is 54.8 Å². The van der Waals surface area contributed by atoms with Crippen LogP contribution in [0.1, 0.15) is 24.8 Å². The van der Waals surface area contributed by atoms with Crippen molar-refractivity contribution >= 4 is 17.3 Å². The van der Waals surface area contributed by atoms with Crippen LogP contribution in [0.3, 0.4) is 0 Å². The summed E-state index contributed by atoms with van der Waals surface area (Å²) in [5.41, 5.74) is 2.31. The zero-order valence-electron chi connectivity index (χ0n) is 13.5. The zero-order valence-corrected chi connectivity index (χ0v) is 13.5. The van der Waals surface area contributed by atoms with E-state index < -0.39 is 11.4 Å². The van der Waals surface area contributed by atoms with Gasteiger partial charge in [-0.2, -0.15) is 0 Å². The second-order valence-corrected chi connectivity index (χ2v) is 6.04. The maximum Gasteiger partial charge on any atom is 0.314 e. The maximum atomic E-state index is 11.6. The highest BCUT2D eigenvalue weighted by molar-refractivity contribution is 5.83. The van der Waals surface area contributed by atoms with Crippen molar-refractivity contribution in [2.45, 2.75) is 24.7 Å². The highest BCUT2D eigenvalue weighted by Crippen LogP contribution is 2.44. The average molecular weight is 311 g/mol. The molecule has 0 bridgehead atoms. The van der Waals surface area contributed by atoms with Gasteiger partial charge in [0.2, 0.25) is 0 Å². The van der Waals surface area contributed by atoms with E-state index in [1.54, 1.807) is 7.11 Å². The van der Waals surface area contributed by atoms with E-state index in [1.807, 2.05) is 55.6 Å². The molecule has 2 aromatic rings. The number of nitrogens with zero attached hydrogens (tertiary/aromatic N) is 1. The topological polar surface area (TPSA) is 49.8 Å². The summed E-state index contributed by atoms with van der Waals surface area (Å²) in [4.78, 5) is 13.6. The maximum absolute atomic E-state index is 11.6. The Hall–Kier alpha value is -2.49. The summed E-state index contributed by atoms with van der Waals surface area (Å²) in [6, 6.07) is 15.7. The molecular weight excluding hydrogens is 290 g/mol. The number of carboxylic acid groups (broad SMARTS) is 1. The molecule has 120 valence electrons. The van der Waals surface area contributed by atoms with Gasteiger partial charge >= 0.3 is 5.97 Å². The number of carbonyl (C=O) groups is 1. The van der Waals surface area contributed by atoms with Crippen LogP contribution in [-0.4, -0.2) is 25.2 Å². The van der Waals surface area contributed by atoms with Crippen LogP contribution in [0.4, 0.5) is 11.4 Å². The van der Waals surface area contributed by atoms with Crippen LogP contribution in [0.25, 0.3) is 0 Å². The van der Waals surface area contributed by atoms with Gasteiger partial charge < -0.3 is 14.7 Å². The summed E-state index contributed by atoms with van der Waals surface area (Å²) in [7, 11) is 3.64. The van der Waals surface area contributed by atoms with Gasteiger partial charge in [-0.1, -0.05) is 18.6 Å². The number of aliphatic carboxylic acids is 1. The molecular formula is C19H21NO3. The van der Waals surface area contributed by atoms with E-state index in [2.05, 4.69) is 4.90 Å². The average Bonchev–Trinajstić information content (AvgIpc) is 2.53. The Morgan fingerprint density at radius 3 is 1.96 bits per heavy atom. The molecule has 0 aromatic heterocycles. The molecule has 23 heavy (non-hydrogen) atoms. The van der Waals surface area contributed by atoms with Crippen LogP contribution >= 0.6 is 0 Å². The van der Waals surface area contributed by atoms with Crippen molar-refractivity contribution < 1.29 is 14.6 Å². The summed E-state index contributed by atoms with van der Waals surface area (Å²) in [6.45, 7) is 0. The second kappa shape index (κ2) is 5.95. The van der Waals surface area contributed by atoms with Crippen LogP contribution in [0.5, 0.6) is 5.75 Å². The summed E-state index contributed by atoms with van der Waals surface area (Å²) in [5.74, 6) is 0.117. The Morgan fingerprint density at radius 1 is 1.04 bits per heavy atom. The molecule has 1 fully saturated rings. The van der Waals surface area contributed by atoms with Gasteiger partial charge in [0, 0.05) is 18.4 Å². The first-order chi connectivity index (χ1) is 11.1. The van der Waals surface area contributed by atoms with E-state index in [4.69, 9.17) is 4.74 Å². The van der Waals surface area contributed by atoms with Gasteiger partial charge in [0.1, 0.15) is 5.75 Å². The highest BCUT2D eigenvalue weighted by atomic mass is 16.5. The predicted molar refractivity (Wildman–Crippen MR) is 90.7 cm³/mol. The number of hydrogen-bond acceptors (Lipinski definition) is 3. The van der Waals surface area contributed by atoms with Crippen molar-refractivity contribution in [2.75, 3.05) is 19.1 Å². The van der Waals surface area contributed by atoms with Crippen LogP contribution in [0, 0.1) is 0 Å². The van der Waals surface area contributed by atoms with Gasteiger partial charge in [-0.25, -0.2) is 0 Å². The molecule has 2 aromatic carbocycles. The smallest absolute Gasteiger partial charge is 0.314 e. The fourth-order valence-electron chi connectivity index (χ4n) is 3.12. The highest BCUT2D eigenvalue weighted by Gasteiger charge is 2.45. The Labute approximate surface area is 136 Å². The third kappa shape index (κ3) is 2.65. The predicted octanol–water partition coefficient (Wildman–Crippen LogP) is 3.97. The largest absolute Gasteiger partial charge is 0.497 e. The van der Waals surface area contributed by atoms with E-state index >= 15 is 0 Å². The molecule has 0 atom stereocenters. The molecule has 3 rings (SSSR count). The molecule has 0 radical (unpaired) electrons. The zero-order chi connectivity index (χ0) is 16.4. The molecule has 1 aliphatic carbocycles. The molecule has 0 unspecified atom stereocenters. The number of carboxylic acids is 1. The minimum Gasteiger partial charge on any atom is -0.497 e. The lowest BCUT2D eigenvalue weighted by atomic mass is 9.64.